The molecule has 82 valence electrons. The van der Waals surface area contributed by atoms with Crippen LogP contribution >= 0.6 is 0 Å². The molecule has 0 amide bonds. The van der Waals surface area contributed by atoms with Gasteiger partial charge in [0, 0.05) is 18.6 Å². The van der Waals surface area contributed by atoms with E-state index in [0.717, 1.165) is 24.9 Å². The molecule has 0 bridgehead atoms. The Bertz CT molecular complexity index is 181. The Morgan fingerprint density at radius 1 is 1.29 bits per heavy atom. The first kappa shape index (κ1) is 10.4. The molecular formula is C12H24N2. The largest absolute Gasteiger partial charge is 0.327 e. The fourth-order valence-electron chi connectivity index (χ4n) is 3.16. The van der Waals surface area contributed by atoms with Crippen molar-refractivity contribution in [3.63, 3.8) is 0 Å². The maximum Gasteiger partial charge on any atom is 0.0165 e. The van der Waals surface area contributed by atoms with E-state index in [0.29, 0.717) is 6.04 Å². The van der Waals surface area contributed by atoms with Gasteiger partial charge in [0.05, 0.1) is 0 Å². The standard InChI is InChI=1S/C12H24N2/c1-2-11(13)9-14-8-7-10-5-3-4-6-12(10)14/h10-12H,2-9,13H2,1H3/t10?,11-,12?/m0/s1. The second-order valence-electron chi connectivity index (χ2n) is 5.06. The van der Waals surface area contributed by atoms with E-state index in [2.05, 4.69) is 11.8 Å². The lowest BCUT2D eigenvalue weighted by atomic mass is 9.85. The van der Waals surface area contributed by atoms with Crippen LogP contribution in [0.2, 0.25) is 0 Å². The lowest BCUT2D eigenvalue weighted by molar-refractivity contribution is 0.173. The lowest BCUT2D eigenvalue weighted by Gasteiger charge is -2.32. The smallest absolute Gasteiger partial charge is 0.0165 e. The number of fused-ring (bicyclic) bond motifs is 1. The SMILES string of the molecule is CC[C@H](N)CN1CCC2CCCCC21. The molecule has 2 heteroatoms. The molecule has 2 nitrogen and oxygen atoms in total. The normalized spacial score (nSPS) is 35.6. The van der Waals surface area contributed by atoms with E-state index >= 15 is 0 Å². The summed E-state index contributed by atoms with van der Waals surface area (Å²) in [6, 6.07) is 1.29. The van der Waals surface area contributed by atoms with Crippen molar-refractivity contribution in [2.75, 3.05) is 13.1 Å². The van der Waals surface area contributed by atoms with Crippen LogP contribution in [0.3, 0.4) is 0 Å². The van der Waals surface area contributed by atoms with Crippen LogP contribution in [-0.2, 0) is 0 Å². The Kier molecular flexibility index (Phi) is 3.45. The van der Waals surface area contributed by atoms with Crippen LogP contribution in [0.15, 0.2) is 0 Å². The van der Waals surface area contributed by atoms with E-state index in [1.165, 1.54) is 38.6 Å². The van der Waals surface area contributed by atoms with E-state index in [1.54, 1.807) is 0 Å². The molecule has 0 aromatic carbocycles. The molecule has 0 radical (unpaired) electrons. The summed E-state index contributed by atoms with van der Waals surface area (Å²) in [6.45, 7) is 4.64. The highest BCUT2D eigenvalue weighted by Gasteiger charge is 2.35. The van der Waals surface area contributed by atoms with Gasteiger partial charge in [-0.3, -0.25) is 4.90 Å². The first-order valence-electron chi connectivity index (χ1n) is 6.31. The third-order valence-corrected chi connectivity index (χ3v) is 4.12. The Labute approximate surface area is 87.8 Å². The first-order chi connectivity index (χ1) is 6.81. The molecular weight excluding hydrogens is 172 g/mol. The topological polar surface area (TPSA) is 29.3 Å². The molecule has 1 aliphatic carbocycles. The van der Waals surface area contributed by atoms with Crippen LogP contribution < -0.4 is 5.73 Å². The van der Waals surface area contributed by atoms with Crippen molar-refractivity contribution >= 4 is 0 Å². The van der Waals surface area contributed by atoms with Crippen molar-refractivity contribution in [1.29, 1.82) is 0 Å². The summed E-state index contributed by atoms with van der Waals surface area (Å²) in [4.78, 5) is 2.66. The van der Waals surface area contributed by atoms with Crippen molar-refractivity contribution < 1.29 is 0 Å². The Morgan fingerprint density at radius 2 is 2.07 bits per heavy atom. The highest BCUT2D eigenvalue weighted by Crippen LogP contribution is 2.35. The molecule has 1 aliphatic heterocycles. The molecule has 14 heavy (non-hydrogen) atoms. The molecule has 2 rings (SSSR count). The van der Waals surface area contributed by atoms with Gasteiger partial charge in [0.2, 0.25) is 0 Å². The number of nitrogens with two attached hydrogens (primary N) is 1. The zero-order chi connectivity index (χ0) is 9.97. The van der Waals surface area contributed by atoms with Crippen molar-refractivity contribution in [3.05, 3.63) is 0 Å². The number of nitrogens with zero attached hydrogens (tertiary/aromatic N) is 1. The summed E-state index contributed by atoms with van der Waals surface area (Å²) in [7, 11) is 0. The maximum absolute atomic E-state index is 6.03. The maximum atomic E-state index is 6.03. The number of rotatable bonds is 3. The van der Waals surface area contributed by atoms with Gasteiger partial charge in [-0.2, -0.15) is 0 Å². The van der Waals surface area contributed by atoms with Gasteiger partial charge in [-0.25, -0.2) is 0 Å². The fraction of sp³-hybridized carbons (Fsp3) is 1.00. The highest BCUT2D eigenvalue weighted by molar-refractivity contribution is 4.90. The van der Waals surface area contributed by atoms with E-state index in [4.69, 9.17) is 5.73 Å². The van der Waals surface area contributed by atoms with E-state index in [9.17, 15) is 0 Å². The Hall–Kier alpha value is -0.0800. The number of hydrogen-bond acceptors (Lipinski definition) is 2. The van der Waals surface area contributed by atoms with Gasteiger partial charge in [-0.1, -0.05) is 19.8 Å². The monoisotopic (exact) mass is 196 g/mol. The summed E-state index contributed by atoms with van der Waals surface area (Å²) in [6.07, 6.45) is 8.37. The van der Waals surface area contributed by atoms with Crippen molar-refractivity contribution in [3.8, 4) is 0 Å². The third kappa shape index (κ3) is 2.12. The van der Waals surface area contributed by atoms with Crippen LogP contribution in [0.25, 0.3) is 0 Å². The summed E-state index contributed by atoms with van der Waals surface area (Å²) in [5.74, 6) is 1.01. The minimum absolute atomic E-state index is 0.399. The fourth-order valence-corrected chi connectivity index (χ4v) is 3.16. The summed E-state index contributed by atoms with van der Waals surface area (Å²) in [5, 5.41) is 0. The third-order valence-electron chi connectivity index (χ3n) is 4.12. The molecule has 2 N–H and O–H groups in total. The molecule has 2 aliphatic rings. The number of hydrogen-bond donors (Lipinski definition) is 1. The van der Waals surface area contributed by atoms with Gasteiger partial charge in [0.1, 0.15) is 0 Å². The first-order valence-corrected chi connectivity index (χ1v) is 6.31. The lowest BCUT2D eigenvalue weighted by Crippen LogP contribution is -2.42. The zero-order valence-corrected chi connectivity index (χ0v) is 9.41. The summed E-state index contributed by atoms with van der Waals surface area (Å²) >= 11 is 0. The summed E-state index contributed by atoms with van der Waals surface area (Å²) in [5.41, 5.74) is 6.03. The Morgan fingerprint density at radius 3 is 2.86 bits per heavy atom. The average Bonchev–Trinajstić information content (AvgIpc) is 2.62. The summed E-state index contributed by atoms with van der Waals surface area (Å²) < 4.78 is 0. The van der Waals surface area contributed by atoms with Crippen molar-refractivity contribution in [1.82, 2.24) is 4.90 Å². The van der Waals surface area contributed by atoms with Crippen molar-refractivity contribution in [2.45, 2.75) is 57.5 Å². The number of likely N-dealkylation sites (tertiary alicyclic amines) is 1. The molecule has 3 atom stereocenters. The van der Waals surface area contributed by atoms with Crippen LogP contribution in [0.5, 0.6) is 0 Å². The predicted octanol–water partition coefficient (Wildman–Crippen LogP) is 1.99. The average molecular weight is 196 g/mol. The van der Waals surface area contributed by atoms with Gasteiger partial charge in [0.25, 0.3) is 0 Å². The molecule has 2 unspecified atom stereocenters. The van der Waals surface area contributed by atoms with Gasteiger partial charge in [-0.05, 0) is 38.1 Å². The van der Waals surface area contributed by atoms with E-state index < -0.39 is 0 Å². The van der Waals surface area contributed by atoms with Crippen LogP contribution in [0.1, 0.15) is 45.4 Å². The highest BCUT2D eigenvalue weighted by atomic mass is 15.2. The molecule has 0 aromatic rings. The minimum Gasteiger partial charge on any atom is -0.327 e. The van der Waals surface area contributed by atoms with E-state index in [1.807, 2.05) is 0 Å². The van der Waals surface area contributed by atoms with Gasteiger partial charge < -0.3 is 5.73 Å². The zero-order valence-electron chi connectivity index (χ0n) is 9.41. The molecule has 1 heterocycles. The minimum atomic E-state index is 0.399. The molecule has 2 fully saturated rings. The molecule has 1 saturated heterocycles. The van der Waals surface area contributed by atoms with Crippen LogP contribution in [-0.4, -0.2) is 30.1 Å². The van der Waals surface area contributed by atoms with E-state index in [-0.39, 0.29) is 0 Å². The quantitative estimate of drug-likeness (QED) is 0.748. The van der Waals surface area contributed by atoms with Gasteiger partial charge in [0.15, 0.2) is 0 Å². The second kappa shape index (κ2) is 4.63. The second-order valence-corrected chi connectivity index (χ2v) is 5.06. The molecule has 1 saturated carbocycles. The van der Waals surface area contributed by atoms with Gasteiger partial charge >= 0.3 is 0 Å². The van der Waals surface area contributed by atoms with Crippen LogP contribution in [0, 0.1) is 5.92 Å². The van der Waals surface area contributed by atoms with Crippen LogP contribution in [0.4, 0.5) is 0 Å². The Balaban J connectivity index is 1.87. The van der Waals surface area contributed by atoms with Gasteiger partial charge in [-0.15, -0.1) is 0 Å². The predicted molar refractivity (Wildman–Crippen MR) is 60.2 cm³/mol. The van der Waals surface area contributed by atoms with Crippen molar-refractivity contribution in [2.24, 2.45) is 11.7 Å². The molecule has 0 spiro atoms. The molecule has 0 aromatic heterocycles.